The van der Waals surface area contributed by atoms with E-state index in [4.69, 9.17) is 5.26 Å². The van der Waals surface area contributed by atoms with Crippen LogP contribution in [0.1, 0.15) is 42.9 Å². The molecule has 0 heterocycles. The number of rotatable bonds is 4. The molecule has 0 saturated heterocycles. The molecule has 0 aromatic heterocycles. The van der Waals surface area contributed by atoms with Crippen LogP contribution >= 0.6 is 0 Å². The second kappa shape index (κ2) is 6.67. The molecular formula is C22H21N. The van der Waals surface area contributed by atoms with Gasteiger partial charge in [0.1, 0.15) is 0 Å². The quantitative estimate of drug-likeness (QED) is 0.716. The Bertz CT molecular complexity index is 760. The van der Waals surface area contributed by atoms with Gasteiger partial charge in [-0.3, -0.25) is 0 Å². The largest absolute Gasteiger partial charge is 0.192 e. The summed E-state index contributed by atoms with van der Waals surface area (Å²) in [6.07, 6.45) is 10.3. The molecule has 0 bridgehead atoms. The van der Waals surface area contributed by atoms with Gasteiger partial charge in [-0.05, 0) is 41.7 Å². The summed E-state index contributed by atoms with van der Waals surface area (Å²) in [6, 6.07) is 20.8. The van der Waals surface area contributed by atoms with Gasteiger partial charge in [-0.15, -0.1) is 0 Å². The summed E-state index contributed by atoms with van der Waals surface area (Å²) < 4.78 is 0. The smallest absolute Gasteiger partial charge is 0.0991 e. The summed E-state index contributed by atoms with van der Waals surface area (Å²) in [5.74, 6) is 0. The van der Waals surface area contributed by atoms with Crippen molar-refractivity contribution in [1.29, 1.82) is 5.26 Å². The van der Waals surface area contributed by atoms with E-state index in [9.17, 15) is 0 Å². The third kappa shape index (κ3) is 3.12. The van der Waals surface area contributed by atoms with Crippen LogP contribution in [-0.2, 0) is 5.41 Å². The van der Waals surface area contributed by atoms with Gasteiger partial charge < -0.3 is 0 Å². The molecule has 1 atom stereocenters. The minimum Gasteiger partial charge on any atom is -0.192 e. The Kier molecular flexibility index (Phi) is 4.44. The van der Waals surface area contributed by atoms with E-state index in [1.165, 1.54) is 23.1 Å². The number of allylic oxidation sites excluding steroid dienone is 4. The predicted molar refractivity (Wildman–Crippen MR) is 95.9 cm³/mol. The third-order valence-electron chi connectivity index (χ3n) is 4.66. The average molecular weight is 299 g/mol. The second-order valence-electron chi connectivity index (χ2n) is 6.16. The summed E-state index contributed by atoms with van der Waals surface area (Å²) in [6.45, 7) is 2.25. The molecule has 0 fully saturated rings. The zero-order chi connectivity index (χ0) is 16.1. The van der Waals surface area contributed by atoms with Crippen LogP contribution in [0.3, 0.4) is 0 Å². The van der Waals surface area contributed by atoms with Gasteiger partial charge in [-0.2, -0.15) is 5.26 Å². The molecule has 114 valence electrons. The summed E-state index contributed by atoms with van der Waals surface area (Å²) >= 11 is 0. The molecule has 0 spiro atoms. The maximum absolute atomic E-state index is 8.91. The molecule has 1 nitrogen and oxygen atoms in total. The Labute approximate surface area is 138 Å². The number of nitrogens with zero attached hydrogens (tertiary/aromatic N) is 1. The minimum absolute atomic E-state index is 0.117. The summed E-state index contributed by atoms with van der Waals surface area (Å²) in [4.78, 5) is 0. The van der Waals surface area contributed by atoms with Crippen LogP contribution in [0.5, 0.6) is 0 Å². The highest BCUT2D eigenvalue weighted by molar-refractivity contribution is 5.76. The molecule has 0 unspecified atom stereocenters. The van der Waals surface area contributed by atoms with E-state index < -0.39 is 0 Å². The van der Waals surface area contributed by atoms with Crippen LogP contribution in [0.25, 0.3) is 5.57 Å². The second-order valence-corrected chi connectivity index (χ2v) is 6.16. The first-order valence-corrected chi connectivity index (χ1v) is 8.23. The Morgan fingerprint density at radius 1 is 1.04 bits per heavy atom. The first-order chi connectivity index (χ1) is 11.3. The zero-order valence-electron chi connectivity index (χ0n) is 13.5. The Morgan fingerprint density at radius 3 is 2.35 bits per heavy atom. The highest BCUT2D eigenvalue weighted by atomic mass is 14.3. The van der Waals surface area contributed by atoms with Crippen molar-refractivity contribution in [3.05, 3.63) is 89.5 Å². The van der Waals surface area contributed by atoms with E-state index in [0.717, 1.165) is 12.8 Å². The molecule has 0 radical (unpaired) electrons. The molecule has 0 saturated carbocycles. The van der Waals surface area contributed by atoms with Gasteiger partial charge in [0.05, 0.1) is 11.6 Å². The number of nitriles is 1. The average Bonchev–Trinajstić information content (AvgIpc) is 2.63. The van der Waals surface area contributed by atoms with Crippen LogP contribution in [-0.4, -0.2) is 0 Å². The van der Waals surface area contributed by atoms with Gasteiger partial charge in [0.2, 0.25) is 0 Å². The standard InChI is InChI=1S/C22H21N/c1-2-14-22(21-6-4-3-5-7-21)15-12-20(13-16-22)19-10-8-18(17-23)9-11-19/h3-13,15H,2,14,16H2,1H3/t22-/m1/s1. The monoisotopic (exact) mass is 299 g/mol. The summed E-state index contributed by atoms with van der Waals surface area (Å²) in [7, 11) is 0. The van der Waals surface area contributed by atoms with Crippen LogP contribution < -0.4 is 0 Å². The number of hydrogen-bond donors (Lipinski definition) is 0. The van der Waals surface area contributed by atoms with Gasteiger partial charge in [-0.25, -0.2) is 0 Å². The van der Waals surface area contributed by atoms with Crippen LogP contribution in [0.4, 0.5) is 0 Å². The molecule has 2 aromatic rings. The van der Waals surface area contributed by atoms with Crippen molar-refractivity contribution in [2.24, 2.45) is 0 Å². The van der Waals surface area contributed by atoms with Crippen molar-refractivity contribution in [2.75, 3.05) is 0 Å². The predicted octanol–water partition coefficient (Wildman–Crippen LogP) is 5.64. The summed E-state index contributed by atoms with van der Waals surface area (Å²) in [5.41, 5.74) is 4.65. The third-order valence-corrected chi connectivity index (χ3v) is 4.66. The maximum atomic E-state index is 8.91. The van der Waals surface area contributed by atoms with Crippen molar-refractivity contribution in [2.45, 2.75) is 31.6 Å². The van der Waals surface area contributed by atoms with Gasteiger partial charge in [0.15, 0.2) is 0 Å². The van der Waals surface area contributed by atoms with Crippen LogP contribution in [0.15, 0.2) is 72.8 Å². The molecule has 0 aliphatic heterocycles. The number of hydrogen-bond acceptors (Lipinski definition) is 1. The van der Waals surface area contributed by atoms with Gasteiger partial charge in [0, 0.05) is 5.41 Å². The van der Waals surface area contributed by atoms with Gasteiger partial charge in [0.25, 0.3) is 0 Å². The van der Waals surface area contributed by atoms with Crippen molar-refractivity contribution < 1.29 is 0 Å². The molecule has 0 N–H and O–H groups in total. The lowest BCUT2D eigenvalue weighted by atomic mass is 9.71. The Hall–Kier alpha value is -2.59. The molecule has 0 amide bonds. The molecule has 3 rings (SSSR count). The van der Waals surface area contributed by atoms with E-state index in [-0.39, 0.29) is 5.41 Å². The lowest BCUT2D eigenvalue weighted by Crippen LogP contribution is -2.24. The zero-order valence-corrected chi connectivity index (χ0v) is 13.5. The van der Waals surface area contributed by atoms with Crippen molar-refractivity contribution in [1.82, 2.24) is 0 Å². The highest BCUT2D eigenvalue weighted by Crippen LogP contribution is 2.39. The Morgan fingerprint density at radius 2 is 1.78 bits per heavy atom. The van der Waals surface area contributed by atoms with Crippen LogP contribution in [0.2, 0.25) is 0 Å². The molecule has 1 heteroatoms. The van der Waals surface area contributed by atoms with Gasteiger partial charge >= 0.3 is 0 Å². The molecule has 1 aliphatic carbocycles. The molecule has 23 heavy (non-hydrogen) atoms. The van der Waals surface area contributed by atoms with Gasteiger partial charge in [-0.1, -0.05) is 74.0 Å². The van der Waals surface area contributed by atoms with Crippen LogP contribution in [0, 0.1) is 11.3 Å². The SMILES string of the molecule is CCC[C@@]1(c2ccccc2)C=CC(c2ccc(C#N)cc2)=CC1. The minimum atomic E-state index is 0.117. The van der Waals surface area contributed by atoms with Crippen molar-refractivity contribution in [3.8, 4) is 6.07 Å². The summed E-state index contributed by atoms with van der Waals surface area (Å²) in [5, 5.41) is 8.91. The number of benzene rings is 2. The first kappa shape index (κ1) is 15.3. The highest BCUT2D eigenvalue weighted by Gasteiger charge is 2.29. The topological polar surface area (TPSA) is 23.8 Å². The molecule has 1 aliphatic rings. The lowest BCUT2D eigenvalue weighted by molar-refractivity contribution is 0.486. The van der Waals surface area contributed by atoms with E-state index in [1.54, 1.807) is 0 Å². The fourth-order valence-corrected chi connectivity index (χ4v) is 3.39. The Balaban J connectivity index is 1.88. The van der Waals surface area contributed by atoms with Crippen molar-refractivity contribution in [3.63, 3.8) is 0 Å². The molecular weight excluding hydrogens is 278 g/mol. The molecule has 2 aromatic carbocycles. The van der Waals surface area contributed by atoms with Crippen molar-refractivity contribution >= 4 is 5.57 Å². The fraction of sp³-hybridized carbons (Fsp3) is 0.227. The van der Waals surface area contributed by atoms with E-state index in [1.807, 2.05) is 24.3 Å². The first-order valence-electron chi connectivity index (χ1n) is 8.23. The van der Waals surface area contributed by atoms with E-state index >= 15 is 0 Å². The lowest BCUT2D eigenvalue weighted by Gasteiger charge is -2.33. The fourth-order valence-electron chi connectivity index (χ4n) is 3.39. The maximum Gasteiger partial charge on any atom is 0.0991 e. The normalized spacial score (nSPS) is 19.9. The van der Waals surface area contributed by atoms with E-state index in [0.29, 0.717) is 5.56 Å². The van der Waals surface area contributed by atoms with E-state index in [2.05, 4.69) is 61.6 Å².